The average Bonchev–Trinajstić information content (AvgIpc) is 2.95. The van der Waals surface area contributed by atoms with Crippen LogP contribution in [0.5, 0.6) is 0 Å². The van der Waals surface area contributed by atoms with Gasteiger partial charge in [-0.05, 0) is 43.4 Å². The molecule has 1 aromatic carbocycles. The third kappa shape index (κ3) is 2.19. The second kappa shape index (κ2) is 4.62. The molecule has 0 spiro atoms. The number of nitrogens with one attached hydrogen (secondary N) is 1. The van der Waals surface area contributed by atoms with E-state index in [1.807, 2.05) is 21.5 Å². The normalized spacial score (nSPS) is 12.9. The largest absolute Gasteiger partial charge is 0.330 e. The highest BCUT2D eigenvalue weighted by Crippen LogP contribution is 2.20. The maximum absolute atomic E-state index is 13.2. The van der Waals surface area contributed by atoms with E-state index < -0.39 is 0 Å². The molecule has 0 fully saturated rings. The number of rotatable bonds is 3. The van der Waals surface area contributed by atoms with E-state index in [1.165, 1.54) is 12.1 Å². The molecule has 0 aliphatic carbocycles. The summed E-state index contributed by atoms with van der Waals surface area (Å²) in [5, 5.41) is 4.19. The van der Waals surface area contributed by atoms with Crippen molar-refractivity contribution in [2.45, 2.75) is 19.5 Å². The third-order valence-corrected chi connectivity index (χ3v) is 3.43. The van der Waals surface area contributed by atoms with Crippen LogP contribution in [0.3, 0.4) is 0 Å². The zero-order valence-corrected chi connectivity index (χ0v) is 11.2. The maximum Gasteiger partial charge on any atom is 0.178 e. The van der Waals surface area contributed by atoms with Gasteiger partial charge in [0.1, 0.15) is 5.82 Å². The zero-order chi connectivity index (χ0) is 13.4. The topological polar surface area (TPSA) is 38.5 Å². The van der Waals surface area contributed by atoms with Crippen LogP contribution in [0, 0.1) is 10.6 Å². The van der Waals surface area contributed by atoms with E-state index >= 15 is 0 Å². The number of halogens is 1. The second-order valence-corrected chi connectivity index (χ2v) is 4.93. The lowest BCUT2D eigenvalue weighted by Gasteiger charge is -2.14. The molecule has 4 nitrogen and oxygen atoms in total. The molecule has 2 heterocycles. The van der Waals surface area contributed by atoms with E-state index in [-0.39, 0.29) is 11.9 Å². The quantitative estimate of drug-likeness (QED) is 0.745. The number of H-pyrrole nitrogens is 1. The molecule has 3 rings (SSSR count). The van der Waals surface area contributed by atoms with Gasteiger partial charge in [0.05, 0.1) is 23.6 Å². The summed E-state index contributed by atoms with van der Waals surface area (Å²) >= 11 is 5.32. The highest BCUT2D eigenvalue weighted by Gasteiger charge is 2.12. The summed E-state index contributed by atoms with van der Waals surface area (Å²) in [6, 6.07) is 6.67. The Bertz CT molecular complexity index is 757. The van der Waals surface area contributed by atoms with Gasteiger partial charge in [0.25, 0.3) is 0 Å². The van der Waals surface area contributed by atoms with Crippen molar-refractivity contribution in [1.82, 2.24) is 19.3 Å². The summed E-state index contributed by atoms with van der Waals surface area (Å²) in [7, 11) is 0. The van der Waals surface area contributed by atoms with Crippen LogP contribution in [-0.2, 0) is 6.54 Å². The SMILES string of the molecule is CC(Cn1cccn1)n1c(=S)[nH]c2cc(F)ccc21. The first-order valence-electron chi connectivity index (χ1n) is 6.02. The predicted octanol–water partition coefficient (Wildman–Crippen LogP) is 3.30. The first kappa shape index (κ1) is 12.1. The zero-order valence-electron chi connectivity index (χ0n) is 10.4. The fraction of sp³-hybridized carbons (Fsp3) is 0.231. The molecule has 1 unspecified atom stereocenters. The molecule has 0 saturated carbocycles. The summed E-state index contributed by atoms with van der Waals surface area (Å²) in [6.45, 7) is 2.78. The van der Waals surface area contributed by atoms with Crippen molar-refractivity contribution in [1.29, 1.82) is 0 Å². The van der Waals surface area contributed by atoms with Crippen LogP contribution < -0.4 is 0 Å². The smallest absolute Gasteiger partial charge is 0.178 e. The molecule has 3 aromatic rings. The number of imidazole rings is 1. The Balaban J connectivity index is 2.04. The molecule has 1 N–H and O–H groups in total. The van der Waals surface area contributed by atoms with Crippen molar-refractivity contribution in [2.75, 3.05) is 0 Å². The first-order chi connectivity index (χ1) is 9.15. The van der Waals surface area contributed by atoms with Crippen LogP contribution in [0.15, 0.2) is 36.7 Å². The first-order valence-corrected chi connectivity index (χ1v) is 6.43. The van der Waals surface area contributed by atoms with Gasteiger partial charge in [-0.3, -0.25) is 4.68 Å². The van der Waals surface area contributed by atoms with E-state index in [9.17, 15) is 4.39 Å². The molecule has 1 atom stereocenters. The Morgan fingerprint density at radius 3 is 3.05 bits per heavy atom. The van der Waals surface area contributed by atoms with Gasteiger partial charge >= 0.3 is 0 Å². The Morgan fingerprint density at radius 1 is 1.47 bits per heavy atom. The molecule has 2 aromatic heterocycles. The van der Waals surface area contributed by atoms with Crippen LogP contribution in [0.4, 0.5) is 4.39 Å². The van der Waals surface area contributed by atoms with Crippen LogP contribution in [-0.4, -0.2) is 19.3 Å². The molecular formula is C13H13FN4S. The lowest BCUT2D eigenvalue weighted by atomic mass is 10.2. The Hall–Kier alpha value is -1.95. The van der Waals surface area contributed by atoms with Gasteiger partial charge in [0.15, 0.2) is 4.77 Å². The highest BCUT2D eigenvalue weighted by molar-refractivity contribution is 7.71. The predicted molar refractivity (Wildman–Crippen MR) is 74.0 cm³/mol. The summed E-state index contributed by atoms with van der Waals surface area (Å²) in [6.07, 6.45) is 3.66. The number of aromatic nitrogens is 4. The average molecular weight is 276 g/mol. The molecule has 0 saturated heterocycles. The standard InChI is InChI=1S/C13H13FN4S/c1-9(8-17-6-2-5-15-17)18-12-4-3-10(14)7-11(12)16-13(18)19/h2-7,9H,8H2,1H3,(H,16,19). The second-order valence-electron chi connectivity index (χ2n) is 4.54. The lowest BCUT2D eigenvalue weighted by molar-refractivity contribution is 0.442. The van der Waals surface area contributed by atoms with Gasteiger partial charge in [0.2, 0.25) is 0 Å². The number of benzene rings is 1. The summed E-state index contributed by atoms with van der Waals surface area (Å²) in [5.74, 6) is -0.268. The number of aromatic amines is 1. The fourth-order valence-corrected chi connectivity index (χ4v) is 2.69. The lowest BCUT2D eigenvalue weighted by Crippen LogP contribution is -2.13. The Morgan fingerprint density at radius 2 is 2.32 bits per heavy atom. The van der Waals surface area contributed by atoms with Gasteiger partial charge in [-0.1, -0.05) is 0 Å². The molecule has 0 aliphatic heterocycles. The monoisotopic (exact) mass is 276 g/mol. The van der Waals surface area contributed by atoms with Crippen molar-refractivity contribution >= 4 is 23.3 Å². The minimum Gasteiger partial charge on any atom is -0.330 e. The van der Waals surface area contributed by atoms with E-state index in [1.54, 1.807) is 12.3 Å². The van der Waals surface area contributed by atoms with Crippen molar-refractivity contribution in [3.63, 3.8) is 0 Å². The van der Waals surface area contributed by atoms with Gasteiger partial charge in [-0.2, -0.15) is 5.10 Å². The van der Waals surface area contributed by atoms with Crippen LogP contribution in [0.1, 0.15) is 13.0 Å². The number of fused-ring (bicyclic) bond motifs is 1. The van der Waals surface area contributed by atoms with Crippen LogP contribution in [0.2, 0.25) is 0 Å². The molecule has 0 bridgehead atoms. The highest BCUT2D eigenvalue weighted by atomic mass is 32.1. The summed E-state index contributed by atoms with van der Waals surface area (Å²) < 4.78 is 17.7. The van der Waals surface area contributed by atoms with E-state index in [4.69, 9.17) is 12.2 Å². The van der Waals surface area contributed by atoms with Gasteiger partial charge in [-0.25, -0.2) is 4.39 Å². The van der Waals surface area contributed by atoms with E-state index in [2.05, 4.69) is 17.0 Å². The fourth-order valence-electron chi connectivity index (χ4n) is 2.30. The summed E-state index contributed by atoms with van der Waals surface area (Å²) in [4.78, 5) is 3.04. The Kier molecular flexibility index (Phi) is 2.94. The number of nitrogens with zero attached hydrogens (tertiary/aromatic N) is 3. The van der Waals surface area contributed by atoms with Crippen LogP contribution >= 0.6 is 12.2 Å². The van der Waals surface area contributed by atoms with E-state index in [0.29, 0.717) is 11.3 Å². The number of hydrogen-bond acceptors (Lipinski definition) is 2. The van der Waals surface area contributed by atoms with Crippen molar-refractivity contribution in [3.05, 3.63) is 47.2 Å². The third-order valence-electron chi connectivity index (χ3n) is 3.13. The molecule has 0 amide bonds. The van der Waals surface area contributed by atoms with Crippen molar-refractivity contribution in [3.8, 4) is 0 Å². The molecule has 19 heavy (non-hydrogen) atoms. The minimum atomic E-state index is -0.268. The van der Waals surface area contributed by atoms with Crippen LogP contribution in [0.25, 0.3) is 11.0 Å². The van der Waals surface area contributed by atoms with Gasteiger partial charge in [-0.15, -0.1) is 0 Å². The molecule has 0 aliphatic rings. The molecule has 98 valence electrons. The molecule has 0 radical (unpaired) electrons. The minimum absolute atomic E-state index is 0.131. The molecular weight excluding hydrogens is 263 g/mol. The van der Waals surface area contributed by atoms with Gasteiger partial charge in [0, 0.05) is 12.4 Å². The maximum atomic E-state index is 13.2. The van der Waals surface area contributed by atoms with Crippen molar-refractivity contribution in [2.24, 2.45) is 0 Å². The van der Waals surface area contributed by atoms with E-state index in [0.717, 1.165) is 11.0 Å². The molecule has 6 heteroatoms. The number of hydrogen-bond donors (Lipinski definition) is 1. The van der Waals surface area contributed by atoms with Gasteiger partial charge < -0.3 is 9.55 Å². The van der Waals surface area contributed by atoms with Crippen molar-refractivity contribution < 1.29 is 4.39 Å². The summed E-state index contributed by atoms with van der Waals surface area (Å²) in [5.41, 5.74) is 1.63. The Labute approximate surface area is 114 Å².